The zero-order valence-corrected chi connectivity index (χ0v) is 12.3. The molecule has 23 heavy (non-hydrogen) atoms. The molecule has 1 amide bonds. The van der Waals surface area contributed by atoms with Crippen LogP contribution in [0.2, 0.25) is 0 Å². The van der Waals surface area contributed by atoms with Crippen molar-refractivity contribution < 1.29 is 19.1 Å². The number of nitrogens with one attached hydrogen (secondary N) is 1. The lowest BCUT2D eigenvalue weighted by molar-refractivity contribution is 0.0680. The highest BCUT2D eigenvalue weighted by molar-refractivity contribution is 5.91. The van der Waals surface area contributed by atoms with Crippen molar-refractivity contribution in [3.05, 3.63) is 42.2 Å². The summed E-state index contributed by atoms with van der Waals surface area (Å²) in [5, 5.41) is 12.0. The molecule has 0 saturated carbocycles. The van der Waals surface area contributed by atoms with Crippen LogP contribution in [0.5, 0.6) is 0 Å². The number of carboxylic acids is 1. The predicted molar refractivity (Wildman–Crippen MR) is 80.2 cm³/mol. The van der Waals surface area contributed by atoms with Gasteiger partial charge in [0.25, 0.3) is 5.91 Å². The Morgan fingerprint density at radius 1 is 1.26 bits per heavy atom. The highest BCUT2D eigenvalue weighted by atomic mass is 16.4. The number of rotatable bonds is 4. The lowest BCUT2D eigenvalue weighted by Gasteiger charge is -2.32. The van der Waals surface area contributed by atoms with E-state index in [2.05, 4.69) is 15.3 Å². The number of anilines is 1. The van der Waals surface area contributed by atoms with E-state index in [0.29, 0.717) is 24.7 Å². The molecular weight excluding hydrogens is 300 g/mol. The monoisotopic (exact) mass is 316 g/mol. The molecule has 1 saturated heterocycles. The van der Waals surface area contributed by atoms with E-state index in [0.717, 1.165) is 12.8 Å². The number of furan rings is 1. The summed E-state index contributed by atoms with van der Waals surface area (Å²) >= 11 is 0. The highest BCUT2D eigenvalue weighted by Crippen LogP contribution is 2.17. The van der Waals surface area contributed by atoms with Crippen molar-refractivity contribution in [3.8, 4) is 0 Å². The van der Waals surface area contributed by atoms with E-state index in [1.165, 1.54) is 18.7 Å². The van der Waals surface area contributed by atoms with Crippen molar-refractivity contribution in [1.82, 2.24) is 14.9 Å². The van der Waals surface area contributed by atoms with Gasteiger partial charge in [-0.3, -0.25) is 4.79 Å². The first-order valence-electron chi connectivity index (χ1n) is 7.28. The Morgan fingerprint density at radius 2 is 2.04 bits per heavy atom. The van der Waals surface area contributed by atoms with Gasteiger partial charge in [0.1, 0.15) is 5.82 Å². The van der Waals surface area contributed by atoms with Gasteiger partial charge in [-0.2, -0.15) is 0 Å². The number of amides is 1. The van der Waals surface area contributed by atoms with Crippen LogP contribution in [0.25, 0.3) is 0 Å². The van der Waals surface area contributed by atoms with Crippen LogP contribution in [0.15, 0.2) is 35.2 Å². The summed E-state index contributed by atoms with van der Waals surface area (Å²) in [4.78, 5) is 32.5. The smallest absolute Gasteiger partial charge is 0.356 e. The third-order valence-electron chi connectivity index (χ3n) is 3.74. The van der Waals surface area contributed by atoms with Gasteiger partial charge in [-0.1, -0.05) is 0 Å². The van der Waals surface area contributed by atoms with Gasteiger partial charge in [-0.15, -0.1) is 0 Å². The van der Waals surface area contributed by atoms with Gasteiger partial charge in [0.05, 0.1) is 18.7 Å². The molecule has 120 valence electrons. The quantitative estimate of drug-likeness (QED) is 0.879. The number of aromatic carboxylic acids is 1. The average Bonchev–Trinajstić information content (AvgIpc) is 3.10. The maximum absolute atomic E-state index is 12.2. The fourth-order valence-corrected chi connectivity index (χ4v) is 2.51. The van der Waals surface area contributed by atoms with Crippen LogP contribution in [0.4, 0.5) is 5.82 Å². The summed E-state index contributed by atoms with van der Waals surface area (Å²) in [6, 6.07) is 3.52. The van der Waals surface area contributed by atoms with Crippen LogP contribution in [0, 0.1) is 0 Å². The van der Waals surface area contributed by atoms with Crippen LogP contribution in [-0.2, 0) is 0 Å². The van der Waals surface area contributed by atoms with Crippen LogP contribution in [-0.4, -0.2) is 51.0 Å². The Morgan fingerprint density at radius 3 is 2.61 bits per heavy atom. The van der Waals surface area contributed by atoms with E-state index in [1.807, 2.05) is 0 Å². The number of carboxylic acid groups (broad SMARTS) is 1. The highest BCUT2D eigenvalue weighted by Gasteiger charge is 2.25. The molecule has 8 heteroatoms. The lowest BCUT2D eigenvalue weighted by Crippen LogP contribution is -2.42. The number of aromatic nitrogens is 2. The van der Waals surface area contributed by atoms with Gasteiger partial charge >= 0.3 is 5.97 Å². The predicted octanol–water partition coefficient (Wildman–Crippen LogP) is 1.48. The zero-order chi connectivity index (χ0) is 16.2. The second kappa shape index (κ2) is 6.47. The number of hydrogen-bond donors (Lipinski definition) is 2. The Kier molecular flexibility index (Phi) is 4.22. The minimum atomic E-state index is -1.10. The van der Waals surface area contributed by atoms with Crippen LogP contribution < -0.4 is 5.32 Å². The molecule has 2 aromatic heterocycles. The topological polar surface area (TPSA) is 109 Å². The van der Waals surface area contributed by atoms with Crippen molar-refractivity contribution >= 4 is 17.7 Å². The minimum Gasteiger partial charge on any atom is -0.476 e. The number of carbonyl (C=O) groups is 2. The number of nitrogens with zero attached hydrogens (tertiary/aromatic N) is 3. The van der Waals surface area contributed by atoms with Gasteiger partial charge in [0.15, 0.2) is 11.5 Å². The molecule has 3 rings (SSSR count). The van der Waals surface area contributed by atoms with Crippen LogP contribution in [0.3, 0.4) is 0 Å². The van der Waals surface area contributed by atoms with E-state index < -0.39 is 5.97 Å². The van der Waals surface area contributed by atoms with Gasteiger partial charge in [-0.05, 0) is 25.0 Å². The SMILES string of the molecule is O=C(O)c1cnc(NC2CCN(C(=O)c3ccco3)CC2)cn1. The molecule has 0 aromatic carbocycles. The molecule has 0 bridgehead atoms. The third kappa shape index (κ3) is 3.47. The van der Waals surface area contributed by atoms with Crippen LogP contribution >= 0.6 is 0 Å². The minimum absolute atomic E-state index is 0.0885. The normalized spacial score (nSPS) is 15.4. The van der Waals surface area contributed by atoms with E-state index >= 15 is 0 Å². The third-order valence-corrected chi connectivity index (χ3v) is 3.74. The Balaban J connectivity index is 1.53. The van der Waals surface area contributed by atoms with Crippen molar-refractivity contribution in [3.63, 3.8) is 0 Å². The molecule has 0 aliphatic carbocycles. The fraction of sp³-hybridized carbons (Fsp3) is 0.333. The second-order valence-corrected chi connectivity index (χ2v) is 5.28. The first kappa shape index (κ1) is 15.0. The molecule has 0 spiro atoms. The lowest BCUT2D eigenvalue weighted by atomic mass is 10.0. The van der Waals surface area contributed by atoms with Crippen molar-refractivity contribution in [2.45, 2.75) is 18.9 Å². The summed E-state index contributed by atoms with van der Waals surface area (Å²) in [6.07, 6.45) is 5.66. The first-order valence-corrected chi connectivity index (χ1v) is 7.28. The van der Waals surface area contributed by atoms with Crippen molar-refractivity contribution in [1.29, 1.82) is 0 Å². The molecule has 0 unspecified atom stereocenters. The van der Waals surface area contributed by atoms with E-state index in [9.17, 15) is 9.59 Å². The molecular formula is C15H16N4O4. The molecule has 3 heterocycles. The fourth-order valence-electron chi connectivity index (χ4n) is 2.51. The van der Waals surface area contributed by atoms with Gasteiger partial charge in [-0.25, -0.2) is 14.8 Å². The standard InChI is InChI=1S/C15H16N4O4/c20-14(12-2-1-7-23-12)19-5-3-10(4-6-19)18-13-9-16-11(8-17-13)15(21)22/h1-2,7-10H,3-6H2,(H,17,18)(H,21,22). The Bertz CT molecular complexity index is 676. The number of likely N-dealkylation sites (tertiary alicyclic amines) is 1. The summed E-state index contributed by atoms with van der Waals surface area (Å²) < 4.78 is 5.13. The van der Waals surface area contributed by atoms with Crippen molar-refractivity contribution in [2.75, 3.05) is 18.4 Å². The van der Waals surface area contributed by atoms with E-state index in [4.69, 9.17) is 9.52 Å². The van der Waals surface area contributed by atoms with Crippen LogP contribution in [0.1, 0.15) is 33.9 Å². The first-order chi connectivity index (χ1) is 11.1. The van der Waals surface area contributed by atoms with Crippen molar-refractivity contribution in [2.24, 2.45) is 0 Å². The Hall–Kier alpha value is -2.90. The number of piperidine rings is 1. The zero-order valence-electron chi connectivity index (χ0n) is 12.3. The summed E-state index contributed by atoms with van der Waals surface area (Å²) in [7, 11) is 0. The molecule has 2 aromatic rings. The molecule has 1 aliphatic rings. The Labute approximate surface area is 132 Å². The molecule has 1 fully saturated rings. The second-order valence-electron chi connectivity index (χ2n) is 5.28. The number of carbonyl (C=O) groups excluding carboxylic acids is 1. The summed E-state index contributed by atoms with van der Waals surface area (Å²) in [5.74, 6) is -0.315. The summed E-state index contributed by atoms with van der Waals surface area (Å²) in [6.45, 7) is 1.25. The maximum atomic E-state index is 12.2. The van der Waals surface area contributed by atoms with Gasteiger partial charge < -0.3 is 19.7 Å². The summed E-state index contributed by atoms with van der Waals surface area (Å²) in [5.41, 5.74) is -0.0885. The van der Waals surface area contributed by atoms with Gasteiger partial charge in [0, 0.05) is 19.1 Å². The van der Waals surface area contributed by atoms with Gasteiger partial charge in [0.2, 0.25) is 0 Å². The van der Waals surface area contributed by atoms with E-state index in [-0.39, 0.29) is 17.6 Å². The molecule has 8 nitrogen and oxygen atoms in total. The molecule has 0 radical (unpaired) electrons. The largest absolute Gasteiger partial charge is 0.476 e. The average molecular weight is 316 g/mol. The number of hydrogen-bond acceptors (Lipinski definition) is 6. The molecule has 1 aliphatic heterocycles. The van der Waals surface area contributed by atoms with E-state index in [1.54, 1.807) is 17.0 Å². The maximum Gasteiger partial charge on any atom is 0.356 e. The molecule has 2 N–H and O–H groups in total. The molecule has 0 atom stereocenters.